The largest absolute Gasteiger partial charge is 0.419 e. The number of hydrogen-bond acceptors (Lipinski definition) is 5. The molecule has 8 nitrogen and oxygen atoms in total. The minimum Gasteiger partial charge on any atom is -0.407 e. The van der Waals surface area contributed by atoms with Crippen molar-refractivity contribution in [2.24, 2.45) is 0 Å². The minimum absolute atomic E-state index is 0.0415. The van der Waals surface area contributed by atoms with Gasteiger partial charge >= 0.3 is 5.76 Å². The van der Waals surface area contributed by atoms with E-state index in [2.05, 4.69) is 5.32 Å². The Morgan fingerprint density at radius 1 is 1.38 bits per heavy atom. The fourth-order valence-electron chi connectivity index (χ4n) is 2.57. The normalized spacial score (nSPS) is 11.1. The molecule has 1 aromatic carbocycles. The summed E-state index contributed by atoms with van der Waals surface area (Å²) in [5.41, 5.74) is 0.537. The van der Waals surface area contributed by atoms with E-state index in [4.69, 9.17) is 4.42 Å². The van der Waals surface area contributed by atoms with Gasteiger partial charge < -0.3 is 9.73 Å². The molecule has 0 unspecified atom stereocenters. The SMILES string of the molecule is CCC(CC)NC(=O)CCCn1c(=O)oc2cc([N+](=O)[O-])ccc21. The van der Waals surface area contributed by atoms with Crippen molar-refractivity contribution < 1.29 is 14.1 Å². The Kier molecular flexibility index (Phi) is 5.73. The zero-order chi connectivity index (χ0) is 17.7. The number of benzene rings is 1. The summed E-state index contributed by atoms with van der Waals surface area (Å²) in [7, 11) is 0. The van der Waals surface area contributed by atoms with Crippen LogP contribution in [0.25, 0.3) is 11.1 Å². The Labute approximate surface area is 138 Å². The molecule has 0 bridgehead atoms. The second-order valence-corrected chi connectivity index (χ2v) is 5.61. The first-order valence-electron chi connectivity index (χ1n) is 8.03. The summed E-state index contributed by atoms with van der Waals surface area (Å²) in [6.45, 7) is 4.36. The third-order valence-corrected chi connectivity index (χ3v) is 4.00. The number of amides is 1. The van der Waals surface area contributed by atoms with Gasteiger partial charge in [0.2, 0.25) is 5.91 Å². The number of fused-ring (bicyclic) bond motifs is 1. The minimum atomic E-state index is -0.578. The molecular formula is C16H21N3O5. The van der Waals surface area contributed by atoms with Crippen molar-refractivity contribution in [2.75, 3.05) is 0 Å². The van der Waals surface area contributed by atoms with Gasteiger partial charge in [-0.3, -0.25) is 19.5 Å². The molecule has 1 amide bonds. The van der Waals surface area contributed by atoms with Crippen LogP contribution in [0, 0.1) is 10.1 Å². The van der Waals surface area contributed by atoms with Crippen LogP contribution in [0.4, 0.5) is 5.69 Å². The molecule has 0 spiro atoms. The molecule has 0 aliphatic carbocycles. The predicted octanol–water partition coefficient (Wildman–Crippen LogP) is 2.59. The number of aromatic nitrogens is 1. The highest BCUT2D eigenvalue weighted by atomic mass is 16.6. The number of nitrogens with zero attached hydrogens (tertiary/aromatic N) is 2. The van der Waals surface area contributed by atoms with E-state index in [1.807, 2.05) is 13.8 Å². The van der Waals surface area contributed by atoms with Crippen molar-refractivity contribution in [1.82, 2.24) is 9.88 Å². The van der Waals surface area contributed by atoms with Gasteiger partial charge in [0.05, 0.1) is 16.5 Å². The number of hydrogen-bond donors (Lipinski definition) is 1. The topological polar surface area (TPSA) is 107 Å². The molecule has 8 heteroatoms. The lowest BCUT2D eigenvalue weighted by atomic mass is 10.1. The second-order valence-electron chi connectivity index (χ2n) is 5.61. The molecule has 0 saturated heterocycles. The number of carbonyl (C=O) groups is 1. The Bertz CT molecular complexity index is 789. The van der Waals surface area contributed by atoms with E-state index < -0.39 is 10.7 Å². The summed E-state index contributed by atoms with van der Waals surface area (Å²) in [6.07, 6.45) is 2.56. The van der Waals surface area contributed by atoms with E-state index in [0.717, 1.165) is 12.8 Å². The van der Waals surface area contributed by atoms with Gasteiger partial charge in [0.1, 0.15) is 0 Å². The molecule has 0 saturated carbocycles. The molecule has 0 radical (unpaired) electrons. The van der Waals surface area contributed by atoms with Crippen molar-refractivity contribution >= 4 is 22.7 Å². The maximum Gasteiger partial charge on any atom is 0.419 e. The van der Waals surface area contributed by atoms with Gasteiger partial charge in [-0.2, -0.15) is 0 Å². The number of nitro benzene ring substituents is 1. The number of carbonyl (C=O) groups excluding carboxylic acids is 1. The first kappa shape index (κ1) is 17.7. The van der Waals surface area contributed by atoms with Crippen molar-refractivity contribution in [2.45, 2.75) is 52.1 Å². The van der Waals surface area contributed by atoms with Crippen molar-refractivity contribution in [3.05, 3.63) is 38.9 Å². The lowest BCUT2D eigenvalue weighted by Gasteiger charge is -2.14. The van der Waals surface area contributed by atoms with Crippen LogP contribution in [-0.4, -0.2) is 21.4 Å². The van der Waals surface area contributed by atoms with Gasteiger partial charge in [0, 0.05) is 25.1 Å². The second kappa shape index (κ2) is 7.76. The average molecular weight is 335 g/mol. The van der Waals surface area contributed by atoms with E-state index in [9.17, 15) is 19.7 Å². The van der Waals surface area contributed by atoms with Crippen LogP contribution >= 0.6 is 0 Å². The molecule has 0 aliphatic heterocycles. The Balaban J connectivity index is 2.03. The molecule has 2 aromatic rings. The van der Waals surface area contributed by atoms with E-state index in [-0.39, 0.29) is 23.2 Å². The fourth-order valence-corrected chi connectivity index (χ4v) is 2.57. The van der Waals surface area contributed by atoms with Crippen molar-refractivity contribution in [3.63, 3.8) is 0 Å². The van der Waals surface area contributed by atoms with Crippen molar-refractivity contribution in [3.8, 4) is 0 Å². The van der Waals surface area contributed by atoms with Crippen LogP contribution in [0.1, 0.15) is 39.5 Å². The third kappa shape index (κ3) is 4.01. The quantitative estimate of drug-likeness (QED) is 0.589. The Morgan fingerprint density at radius 2 is 2.08 bits per heavy atom. The molecule has 0 aliphatic rings. The van der Waals surface area contributed by atoms with Crippen molar-refractivity contribution in [1.29, 1.82) is 0 Å². The molecular weight excluding hydrogens is 314 g/mol. The molecule has 0 atom stereocenters. The zero-order valence-electron chi connectivity index (χ0n) is 13.8. The Hall–Kier alpha value is -2.64. The fraction of sp³-hybridized carbons (Fsp3) is 0.500. The van der Waals surface area contributed by atoms with Gasteiger partial charge in [0.15, 0.2) is 5.58 Å². The lowest BCUT2D eigenvalue weighted by molar-refractivity contribution is -0.384. The van der Waals surface area contributed by atoms with Crippen LogP contribution in [0.3, 0.4) is 0 Å². The first-order valence-corrected chi connectivity index (χ1v) is 8.03. The number of aryl methyl sites for hydroxylation is 1. The van der Waals surface area contributed by atoms with Crippen LogP contribution in [0.5, 0.6) is 0 Å². The Morgan fingerprint density at radius 3 is 2.71 bits per heavy atom. The van der Waals surface area contributed by atoms with Gasteiger partial charge in [-0.15, -0.1) is 0 Å². The maximum absolute atomic E-state index is 11.9. The number of nitrogens with one attached hydrogen (secondary N) is 1. The highest BCUT2D eigenvalue weighted by Gasteiger charge is 2.14. The zero-order valence-corrected chi connectivity index (χ0v) is 13.8. The first-order chi connectivity index (χ1) is 11.5. The third-order valence-electron chi connectivity index (χ3n) is 4.00. The highest BCUT2D eigenvalue weighted by Crippen LogP contribution is 2.20. The summed E-state index contributed by atoms with van der Waals surface area (Å²) < 4.78 is 6.44. The molecule has 1 aromatic heterocycles. The van der Waals surface area contributed by atoms with Gasteiger partial charge in [0.25, 0.3) is 5.69 Å². The molecule has 2 rings (SSSR count). The smallest absolute Gasteiger partial charge is 0.407 e. The standard InChI is InChI=1S/C16H21N3O5/c1-3-11(4-2)17-15(20)6-5-9-18-13-8-7-12(19(22)23)10-14(13)24-16(18)21/h7-8,10-11H,3-6,9H2,1-2H3,(H,17,20). The van der Waals surface area contributed by atoms with E-state index in [0.29, 0.717) is 24.9 Å². The summed E-state index contributed by atoms with van der Waals surface area (Å²) >= 11 is 0. The van der Waals surface area contributed by atoms with Crippen LogP contribution in [0.15, 0.2) is 27.4 Å². The highest BCUT2D eigenvalue weighted by molar-refractivity contribution is 5.77. The van der Waals surface area contributed by atoms with Gasteiger partial charge in [-0.05, 0) is 25.3 Å². The van der Waals surface area contributed by atoms with Gasteiger partial charge in [-0.25, -0.2) is 4.79 Å². The van der Waals surface area contributed by atoms with Crippen LogP contribution < -0.4 is 11.1 Å². The number of non-ortho nitro benzene ring substituents is 1. The van der Waals surface area contributed by atoms with E-state index in [1.54, 1.807) is 0 Å². The van der Waals surface area contributed by atoms with Crippen LogP contribution in [0.2, 0.25) is 0 Å². The molecule has 24 heavy (non-hydrogen) atoms. The van der Waals surface area contributed by atoms with E-state index >= 15 is 0 Å². The van der Waals surface area contributed by atoms with Crippen LogP contribution in [-0.2, 0) is 11.3 Å². The summed E-state index contributed by atoms with van der Waals surface area (Å²) in [4.78, 5) is 34.0. The lowest BCUT2D eigenvalue weighted by Crippen LogP contribution is -2.33. The number of oxazole rings is 1. The number of nitro groups is 1. The number of rotatable bonds is 8. The summed E-state index contributed by atoms with van der Waals surface area (Å²) in [6, 6.07) is 4.22. The molecule has 1 N–H and O–H groups in total. The maximum atomic E-state index is 11.9. The van der Waals surface area contributed by atoms with Gasteiger partial charge in [-0.1, -0.05) is 13.8 Å². The predicted molar refractivity (Wildman–Crippen MR) is 88.9 cm³/mol. The monoisotopic (exact) mass is 335 g/mol. The van der Waals surface area contributed by atoms with E-state index in [1.165, 1.54) is 22.8 Å². The summed E-state index contributed by atoms with van der Waals surface area (Å²) in [5.74, 6) is -0.619. The molecule has 0 fully saturated rings. The molecule has 130 valence electrons. The molecule has 1 heterocycles. The average Bonchev–Trinajstić information content (AvgIpc) is 2.87. The summed E-state index contributed by atoms with van der Waals surface area (Å²) in [5, 5.41) is 13.7.